The van der Waals surface area contributed by atoms with Crippen LogP contribution in [0.5, 0.6) is 5.75 Å². The van der Waals surface area contributed by atoms with Crippen LogP contribution in [-0.4, -0.2) is 49.5 Å². The Morgan fingerprint density at radius 2 is 1.96 bits per heavy atom. The predicted molar refractivity (Wildman–Crippen MR) is 103 cm³/mol. The highest BCUT2D eigenvalue weighted by Gasteiger charge is 2.30. The number of rotatable bonds is 8. The topological polar surface area (TPSA) is 70.7 Å². The van der Waals surface area contributed by atoms with Crippen LogP contribution in [-0.2, 0) is 9.59 Å². The summed E-state index contributed by atoms with van der Waals surface area (Å²) >= 11 is 0. The highest BCUT2D eigenvalue weighted by atomic mass is 16.5. The Balaban J connectivity index is 1.85. The average molecular weight is 361 g/mol. The first-order valence-electron chi connectivity index (χ1n) is 9.49. The molecule has 6 nitrogen and oxygen atoms in total. The van der Waals surface area contributed by atoms with Gasteiger partial charge in [0.1, 0.15) is 5.75 Å². The van der Waals surface area contributed by atoms with Crippen molar-refractivity contribution in [2.75, 3.05) is 32.1 Å². The molecule has 0 saturated carbocycles. The molecule has 2 N–H and O–H groups in total. The van der Waals surface area contributed by atoms with Crippen LogP contribution < -0.4 is 15.4 Å². The van der Waals surface area contributed by atoms with E-state index in [-0.39, 0.29) is 17.7 Å². The molecule has 0 aromatic heterocycles. The van der Waals surface area contributed by atoms with Crippen LogP contribution in [0, 0.1) is 5.92 Å². The minimum atomic E-state index is -0.0611. The van der Waals surface area contributed by atoms with Gasteiger partial charge in [0.15, 0.2) is 0 Å². The van der Waals surface area contributed by atoms with Gasteiger partial charge >= 0.3 is 0 Å². The van der Waals surface area contributed by atoms with Gasteiger partial charge in [-0.3, -0.25) is 14.5 Å². The van der Waals surface area contributed by atoms with Gasteiger partial charge in [-0.15, -0.1) is 0 Å². The molecule has 0 unspecified atom stereocenters. The van der Waals surface area contributed by atoms with Gasteiger partial charge in [0, 0.05) is 24.8 Å². The van der Waals surface area contributed by atoms with Crippen LogP contribution in [0.25, 0.3) is 0 Å². The van der Waals surface area contributed by atoms with Crippen LogP contribution in [0.15, 0.2) is 24.3 Å². The molecule has 1 aliphatic heterocycles. The molecule has 6 heteroatoms. The Kier molecular flexibility index (Phi) is 7.91. The van der Waals surface area contributed by atoms with Crippen molar-refractivity contribution in [1.82, 2.24) is 10.2 Å². The molecular formula is C20H31N3O3. The number of hydrogen-bond donors (Lipinski definition) is 2. The van der Waals surface area contributed by atoms with Crippen molar-refractivity contribution in [3.05, 3.63) is 24.3 Å². The number of nitrogens with zero attached hydrogens (tertiary/aromatic N) is 1. The van der Waals surface area contributed by atoms with Crippen molar-refractivity contribution in [3.63, 3.8) is 0 Å². The SMILES string of the molecule is CCCCNC(=O)[C@@H]1CC[C@@H](C)N(CC(=O)Nc2ccc(OC)cc2)C1. The Labute approximate surface area is 156 Å². The van der Waals surface area contributed by atoms with Gasteiger partial charge in [-0.05, 0) is 50.5 Å². The second-order valence-electron chi connectivity index (χ2n) is 6.97. The zero-order chi connectivity index (χ0) is 18.9. The summed E-state index contributed by atoms with van der Waals surface area (Å²) in [5.74, 6) is 0.779. The van der Waals surface area contributed by atoms with E-state index in [4.69, 9.17) is 4.74 Å². The van der Waals surface area contributed by atoms with Crippen molar-refractivity contribution in [2.45, 2.75) is 45.6 Å². The van der Waals surface area contributed by atoms with E-state index in [1.54, 1.807) is 7.11 Å². The maximum atomic E-state index is 12.4. The smallest absolute Gasteiger partial charge is 0.238 e. The number of amides is 2. The highest BCUT2D eigenvalue weighted by molar-refractivity contribution is 5.92. The number of likely N-dealkylation sites (tertiary alicyclic amines) is 1. The molecule has 26 heavy (non-hydrogen) atoms. The van der Waals surface area contributed by atoms with Crippen molar-refractivity contribution in [3.8, 4) is 5.75 Å². The molecule has 1 aliphatic rings. The van der Waals surface area contributed by atoms with Crippen LogP contribution in [0.1, 0.15) is 39.5 Å². The van der Waals surface area contributed by atoms with Gasteiger partial charge in [0.2, 0.25) is 11.8 Å². The number of nitrogens with one attached hydrogen (secondary N) is 2. The number of piperidine rings is 1. The number of carbonyl (C=O) groups excluding carboxylic acids is 2. The Morgan fingerprint density at radius 1 is 1.23 bits per heavy atom. The summed E-state index contributed by atoms with van der Waals surface area (Å²) < 4.78 is 5.12. The van der Waals surface area contributed by atoms with Gasteiger partial charge in [0.05, 0.1) is 19.6 Å². The molecule has 0 bridgehead atoms. The Morgan fingerprint density at radius 3 is 2.62 bits per heavy atom. The zero-order valence-electron chi connectivity index (χ0n) is 16.1. The summed E-state index contributed by atoms with van der Waals surface area (Å²) in [6.07, 6.45) is 3.89. The maximum absolute atomic E-state index is 12.4. The van der Waals surface area contributed by atoms with Gasteiger partial charge < -0.3 is 15.4 Å². The fourth-order valence-corrected chi connectivity index (χ4v) is 3.21. The van der Waals surface area contributed by atoms with Crippen LogP contribution in [0.3, 0.4) is 0 Å². The molecule has 2 amide bonds. The lowest BCUT2D eigenvalue weighted by atomic mass is 9.92. The number of hydrogen-bond acceptors (Lipinski definition) is 4. The third-order valence-electron chi connectivity index (χ3n) is 4.93. The molecule has 1 aromatic rings. The second kappa shape index (κ2) is 10.2. The third kappa shape index (κ3) is 6.02. The van der Waals surface area contributed by atoms with E-state index in [0.29, 0.717) is 19.1 Å². The van der Waals surface area contributed by atoms with E-state index in [9.17, 15) is 9.59 Å². The van der Waals surface area contributed by atoms with E-state index in [1.807, 2.05) is 24.3 Å². The molecule has 1 saturated heterocycles. The summed E-state index contributed by atoms with van der Waals surface area (Å²) in [5.41, 5.74) is 0.745. The van der Waals surface area contributed by atoms with Crippen molar-refractivity contribution in [2.24, 2.45) is 5.92 Å². The van der Waals surface area contributed by atoms with Gasteiger partial charge in [-0.1, -0.05) is 13.3 Å². The fraction of sp³-hybridized carbons (Fsp3) is 0.600. The van der Waals surface area contributed by atoms with E-state index < -0.39 is 0 Å². The molecule has 1 heterocycles. The highest BCUT2D eigenvalue weighted by Crippen LogP contribution is 2.22. The first-order valence-corrected chi connectivity index (χ1v) is 9.49. The number of carbonyl (C=O) groups is 2. The quantitative estimate of drug-likeness (QED) is 0.699. The van der Waals surface area contributed by atoms with Gasteiger partial charge in [-0.2, -0.15) is 0 Å². The Hall–Kier alpha value is -2.08. The Bertz CT molecular complexity index is 588. The molecule has 0 spiro atoms. The summed E-state index contributed by atoms with van der Waals surface area (Å²) in [4.78, 5) is 26.8. The maximum Gasteiger partial charge on any atom is 0.238 e. The van der Waals surface area contributed by atoms with E-state index >= 15 is 0 Å². The van der Waals surface area contributed by atoms with Crippen LogP contribution in [0.2, 0.25) is 0 Å². The molecule has 144 valence electrons. The third-order valence-corrected chi connectivity index (χ3v) is 4.93. The molecule has 1 fully saturated rings. The first kappa shape index (κ1) is 20.2. The van der Waals surface area contributed by atoms with Crippen molar-refractivity contribution in [1.29, 1.82) is 0 Å². The summed E-state index contributed by atoms with van der Waals surface area (Å²) in [6.45, 7) is 5.89. The number of methoxy groups -OCH3 is 1. The van der Waals surface area contributed by atoms with E-state index in [1.165, 1.54) is 0 Å². The molecule has 2 atom stereocenters. The lowest BCUT2D eigenvalue weighted by Crippen LogP contribution is -2.49. The van der Waals surface area contributed by atoms with Crippen molar-refractivity contribution >= 4 is 17.5 Å². The fourth-order valence-electron chi connectivity index (χ4n) is 3.21. The molecule has 1 aromatic carbocycles. The minimum absolute atomic E-state index is 0.0307. The standard InChI is InChI=1S/C20H31N3O3/c1-4-5-12-21-20(25)16-7-6-15(2)23(13-16)14-19(24)22-17-8-10-18(26-3)11-9-17/h8-11,15-16H,4-7,12-14H2,1-3H3,(H,21,25)(H,22,24)/t15-,16-/m1/s1. The largest absolute Gasteiger partial charge is 0.497 e. The minimum Gasteiger partial charge on any atom is -0.497 e. The lowest BCUT2D eigenvalue weighted by molar-refractivity contribution is -0.128. The molecule has 2 rings (SSSR count). The molecular weight excluding hydrogens is 330 g/mol. The molecule has 0 aliphatic carbocycles. The summed E-state index contributed by atoms with van der Waals surface area (Å²) in [7, 11) is 1.61. The van der Waals surface area contributed by atoms with Gasteiger partial charge in [0.25, 0.3) is 0 Å². The normalized spacial score (nSPS) is 20.4. The predicted octanol–water partition coefficient (Wildman–Crippen LogP) is 2.65. The van der Waals surface area contributed by atoms with E-state index in [2.05, 4.69) is 29.4 Å². The van der Waals surface area contributed by atoms with Gasteiger partial charge in [-0.25, -0.2) is 0 Å². The van der Waals surface area contributed by atoms with Crippen LogP contribution >= 0.6 is 0 Å². The average Bonchev–Trinajstić information content (AvgIpc) is 2.64. The number of unbranched alkanes of at least 4 members (excludes halogenated alkanes) is 1. The second-order valence-corrected chi connectivity index (χ2v) is 6.97. The number of benzene rings is 1. The van der Waals surface area contributed by atoms with Crippen LogP contribution in [0.4, 0.5) is 5.69 Å². The summed E-state index contributed by atoms with van der Waals surface area (Å²) in [6, 6.07) is 7.57. The monoisotopic (exact) mass is 361 g/mol. The molecule has 0 radical (unpaired) electrons. The number of ether oxygens (including phenoxy) is 1. The zero-order valence-corrected chi connectivity index (χ0v) is 16.1. The van der Waals surface area contributed by atoms with E-state index in [0.717, 1.165) is 43.7 Å². The summed E-state index contributed by atoms with van der Waals surface area (Å²) in [5, 5.41) is 5.92. The first-order chi connectivity index (χ1) is 12.5. The number of anilines is 1. The van der Waals surface area contributed by atoms with Crippen molar-refractivity contribution < 1.29 is 14.3 Å². The lowest BCUT2D eigenvalue weighted by Gasteiger charge is -2.36.